The van der Waals surface area contributed by atoms with E-state index in [0.29, 0.717) is 24.6 Å². The lowest BCUT2D eigenvalue weighted by Gasteiger charge is -2.12. The number of likely N-dealkylation sites (N-methyl/N-ethyl adjacent to an activating group) is 1. The molecular formula is C16H21N3O2. The number of amides is 1. The highest BCUT2D eigenvalue weighted by atomic mass is 16.5. The average Bonchev–Trinajstić information content (AvgIpc) is 2.46. The Morgan fingerprint density at radius 3 is 2.81 bits per heavy atom. The summed E-state index contributed by atoms with van der Waals surface area (Å²) in [4.78, 5) is 18.8. The van der Waals surface area contributed by atoms with E-state index >= 15 is 0 Å². The van der Waals surface area contributed by atoms with Crippen LogP contribution in [0.15, 0.2) is 30.3 Å². The Morgan fingerprint density at radius 1 is 1.33 bits per heavy atom. The smallest absolute Gasteiger partial charge is 0.252 e. The molecule has 0 saturated heterocycles. The van der Waals surface area contributed by atoms with Gasteiger partial charge in [0.15, 0.2) is 0 Å². The maximum absolute atomic E-state index is 12.4. The van der Waals surface area contributed by atoms with Gasteiger partial charge in [0.25, 0.3) is 5.91 Å². The number of carbonyl (C=O) groups is 1. The number of nitrogens with one attached hydrogen (secondary N) is 1. The Balaban J connectivity index is 2.29. The molecule has 1 aromatic heterocycles. The number of aromatic nitrogens is 1. The molecule has 0 bridgehead atoms. The Kier molecular flexibility index (Phi) is 5.11. The van der Waals surface area contributed by atoms with Crippen molar-refractivity contribution in [1.82, 2.24) is 15.2 Å². The second-order valence-corrected chi connectivity index (χ2v) is 5.02. The van der Waals surface area contributed by atoms with Gasteiger partial charge in [-0.05, 0) is 27.1 Å². The molecule has 1 aromatic carbocycles. The van der Waals surface area contributed by atoms with Gasteiger partial charge in [-0.25, -0.2) is 4.98 Å². The highest BCUT2D eigenvalue weighted by Crippen LogP contribution is 2.22. The largest absolute Gasteiger partial charge is 0.478 e. The highest BCUT2D eigenvalue weighted by Gasteiger charge is 2.13. The van der Waals surface area contributed by atoms with Crippen LogP contribution in [0.25, 0.3) is 10.9 Å². The van der Waals surface area contributed by atoms with Crippen molar-refractivity contribution in [1.29, 1.82) is 0 Å². The molecule has 1 heterocycles. The zero-order valence-electron chi connectivity index (χ0n) is 12.7. The quantitative estimate of drug-likeness (QED) is 0.882. The minimum atomic E-state index is -0.101. The van der Waals surface area contributed by atoms with E-state index in [2.05, 4.69) is 10.3 Å². The number of benzene rings is 1. The fourth-order valence-corrected chi connectivity index (χ4v) is 2.05. The SMILES string of the molecule is CCOc1cc(C(=O)NCCN(C)C)c2ccccc2n1. The summed E-state index contributed by atoms with van der Waals surface area (Å²) >= 11 is 0. The fraction of sp³-hybridized carbons (Fsp3) is 0.375. The summed E-state index contributed by atoms with van der Waals surface area (Å²) in [5, 5.41) is 3.76. The van der Waals surface area contributed by atoms with E-state index in [-0.39, 0.29) is 5.91 Å². The molecule has 0 saturated carbocycles. The van der Waals surface area contributed by atoms with Gasteiger partial charge in [0, 0.05) is 24.5 Å². The monoisotopic (exact) mass is 287 g/mol. The van der Waals surface area contributed by atoms with Gasteiger partial charge in [-0.2, -0.15) is 0 Å². The van der Waals surface area contributed by atoms with Crippen LogP contribution in [-0.2, 0) is 0 Å². The summed E-state index contributed by atoms with van der Waals surface area (Å²) in [5.41, 5.74) is 1.36. The fourth-order valence-electron chi connectivity index (χ4n) is 2.05. The van der Waals surface area contributed by atoms with Gasteiger partial charge >= 0.3 is 0 Å². The molecule has 5 heteroatoms. The maximum atomic E-state index is 12.4. The maximum Gasteiger partial charge on any atom is 0.252 e. The number of pyridine rings is 1. The summed E-state index contributed by atoms with van der Waals surface area (Å²) in [7, 11) is 3.95. The zero-order valence-corrected chi connectivity index (χ0v) is 12.7. The number of hydrogen-bond acceptors (Lipinski definition) is 4. The topological polar surface area (TPSA) is 54.5 Å². The minimum Gasteiger partial charge on any atom is -0.478 e. The summed E-state index contributed by atoms with van der Waals surface area (Å²) in [6.07, 6.45) is 0. The van der Waals surface area contributed by atoms with Gasteiger partial charge in [-0.1, -0.05) is 18.2 Å². The van der Waals surface area contributed by atoms with Crippen molar-refractivity contribution < 1.29 is 9.53 Å². The predicted molar refractivity (Wildman–Crippen MR) is 83.8 cm³/mol. The van der Waals surface area contributed by atoms with Crippen molar-refractivity contribution in [3.8, 4) is 5.88 Å². The minimum absolute atomic E-state index is 0.101. The number of ether oxygens (including phenoxy) is 1. The normalized spacial score (nSPS) is 10.9. The third kappa shape index (κ3) is 3.92. The van der Waals surface area contributed by atoms with Gasteiger partial charge in [-0.15, -0.1) is 0 Å². The molecule has 0 fully saturated rings. The van der Waals surface area contributed by atoms with Crippen molar-refractivity contribution in [2.45, 2.75) is 6.92 Å². The lowest BCUT2D eigenvalue weighted by Crippen LogP contribution is -2.31. The van der Waals surface area contributed by atoms with Crippen LogP contribution in [0.1, 0.15) is 17.3 Å². The Hall–Kier alpha value is -2.14. The first-order chi connectivity index (χ1) is 10.1. The molecule has 0 radical (unpaired) electrons. The molecule has 5 nitrogen and oxygen atoms in total. The van der Waals surface area contributed by atoms with Crippen molar-refractivity contribution >= 4 is 16.8 Å². The van der Waals surface area contributed by atoms with Crippen LogP contribution in [0, 0.1) is 0 Å². The van der Waals surface area contributed by atoms with Crippen LogP contribution < -0.4 is 10.1 Å². The second kappa shape index (κ2) is 7.04. The van der Waals surface area contributed by atoms with E-state index in [1.165, 1.54) is 0 Å². The van der Waals surface area contributed by atoms with Crippen LogP contribution in [0.3, 0.4) is 0 Å². The molecule has 0 aliphatic rings. The van der Waals surface area contributed by atoms with E-state index in [1.54, 1.807) is 6.07 Å². The molecule has 112 valence electrons. The molecule has 0 spiro atoms. The molecule has 2 rings (SSSR count). The average molecular weight is 287 g/mol. The summed E-state index contributed by atoms with van der Waals surface area (Å²) < 4.78 is 5.45. The predicted octanol–water partition coefficient (Wildman–Crippen LogP) is 1.92. The second-order valence-electron chi connectivity index (χ2n) is 5.02. The van der Waals surface area contributed by atoms with Gasteiger partial charge < -0.3 is 15.0 Å². The van der Waals surface area contributed by atoms with Crippen molar-refractivity contribution in [3.63, 3.8) is 0 Å². The molecule has 0 unspecified atom stereocenters. The Labute approximate surface area is 124 Å². The van der Waals surface area contributed by atoms with E-state index in [0.717, 1.165) is 17.4 Å². The molecule has 0 atom stereocenters. The zero-order chi connectivity index (χ0) is 15.2. The van der Waals surface area contributed by atoms with Crippen molar-refractivity contribution in [2.24, 2.45) is 0 Å². The van der Waals surface area contributed by atoms with E-state index in [9.17, 15) is 4.79 Å². The first-order valence-electron chi connectivity index (χ1n) is 7.07. The Morgan fingerprint density at radius 2 is 2.10 bits per heavy atom. The van der Waals surface area contributed by atoms with Gasteiger partial charge in [0.1, 0.15) is 0 Å². The van der Waals surface area contributed by atoms with Crippen LogP contribution in [-0.4, -0.2) is 49.6 Å². The number of para-hydroxylation sites is 1. The van der Waals surface area contributed by atoms with Crippen LogP contribution in [0.5, 0.6) is 5.88 Å². The van der Waals surface area contributed by atoms with Crippen LogP contribution >= 0.6 is 0 Å². The standard InChI is InChI=1S/C16H21N3O2/c1-4-21-15-11-13(16(20)17-9-10-19(2)3)12-7-5-6-8-14(12)18-15/h5-8,11H,4,9-10H2,1-3H3,(H,17,20). The van der Waals surface area contributed by atoms with Crippen LogP contribution in [0.4, 0.5) is 0 Å². The number of rotatable bonds is 6. The van der Waals surface area contributed by atoms with Crippen LogP contribution in [0.2, 0.25) is 0 Å². The lowest BCUT2D eigenvalue weighted by atomic mass is 10.1. The molecule has 1 N–H and O–H groups in total. The van der Waals surface area contributed by atoms with Crippen molar-refractivity contribution in [3.05, 3.63) is 35.9 Å². The molecule has 0 aliphatic carbocycles. The summed E-state index contributed by atoms with van der Waals surface area (Å²) in [5.74, 6) is 0.380. The third-order valence-corrected chi connectivity index (χ3v) is 3.07. The van der Waals surface area contributed by atoms with E-state index in [4.69, 9.17) is 4.74 Å². The Bertz CT molecular complexity index is 626. The van der Waals surface area contributed by atoms with Gasteiger partial charge in [0.05, 0.1) is 17.7 Å². The van der Waals surface area contributed by atoms with E-state index in [1.807, 2.05) is 50.2 Å². The molecular weight excluding hydrogens is 266 g/mol. The molecule has 21 heavy (non-hydrogen) atoms. The first-order valence-corrected chi connectivity index (χ1v) is 7.07. The number of nitrogens with zero attached hydrogens (tertiary/aromatic N) is 2. The molecule has 0 aliphatic heterocycles. The van der Waals surface area contributed by atoms with Gasteiger partial charge in [-0.3, -0.25) is 4.79 Å². The third-order valence-electron chi connectivity index (χ3n) is 3.07. The molecule has 2 aromatic rings. The number of hydrogen-bond donors (Lipinski definition) is 1. The summed E-state index contributed by atoms with van der Waals surface area (Å²) in [6, 6.07) is 9.30. The van der Waals surface area contributed by atoms with Crippen molar-refractivity contribution in [2.75, 3.05) is 33.8 Å². The van der Waals surface area contributed by atoms with Gasteiger partial charge in [0.2, 0.25) is 5.88 Å². The first kappa shape index (κ1) is 15.3. The highest BCUT2D eigenvalue weighted by molar-refractivity contribution is 6.06. The molecule has 1 amide bonds. The lowest BCUT2D eigenvalue weighted by molar-refractivity contribution is 0.0952. The van der Waals surface area contributed by atoms with E-state index < -0.39 is 0 Å². The summed E-state index contributed by atoms with van der Waals surface area (Å²) in [6.45, 7) is 3.82. The number of fused-ring (bicyclic) bond motifs is 1. The number of carbonyl (C=O) groups excluding carboxylic acids is 1.